The Labute approximate surface area is 69.4 Å². The number of nitrogens with zero attached hydrogens (tertiary/aromatic N) is 2. The van der Waals surface area contributed by atoms with Gasteiger partial charge in [0.05, 0.1) is 6.54 Å². The van der Waals surface area contributed by atoms with E-state index >= 15 is 0 Å². The molecule has 0 saturated heterocycles. The van der Waals surface area contributed by atoms with Crippen molar-refractivity contribution in [1.82, 2.24) is 0 Å². The van der Waals surface area contributed by atoms with Gasteiger partial charge in [-0.3, -0.25) is 11.1 Å². The Bertz CT molecular complexity index is 289. The highest BCUT2D eigenvalue weighted by Crippen LogP contribution is 1.97. The van der Waals surface area contributed by atoms with Crippen LogP contribution >= 0.6 is 0 Å². The fourth-order valence-corrected chi connectivity index (χ4v) is 0.802. The lowest BCUT2D eigenvalue weighted by Gasteiger charge is -2.11. The van der Waals surface area contributed by atoms with Crippen molar-refractivity contribution >= 4 is 11.6 Å². The van der Waals surface area contributed by atoms with Gasteiger partial charge >= 0.3 is 11.6 Å². The summed E-state index contributed by atoms with van der Waals surface area (Å²) in [5, 5.41) is 24.6. The van der Waals surface area contributed by atoms with E-state index in [0.717, 1.165) is 0 Å². The fraction of sp³-hybridized carbons (Fsp3) is 0.333. The number of hydrogen-bond donors (Lipinski definition) is 2. The summed E-state index contributed by atoms with van der Waals surface area (Å²) in [6.45, 7) is 2.40. The van der Waals surface area contributed by atoms with Crippen LogP contribution in [0.4, 0.5) is 11.6 Å². The third kappa shape index (κ3) is 1.31. The van der Waals surface area contributed by atoms with Crippen LogP contribution in [0.1, 0.15) is 6.92 Å². The van der Waals surface area contributed by atoms with Crippen LogP contribution in [0.2, 0.25) is 0 Å². The zero-order valence-electron chi connectivity index (χ0n) is 6.65. The maximum atomic E-state index is 11.0. The monoisotopic (exact) mass is 170 g/mol. The van der Waals surface area contributed by atoms with E-state index in [1.54, 1.807) is 0 Å². The highest BCUT2D eigenvalue weighted by Gasteiger charge is 2.08. The minimum atomic E-state index is -0.119. The van der Waals surface area contributed by atoms with Crippen LogP contribution in [0.3, 0.4) is 0 Å². The Kier molecular flexibility index (Phi) is 2.18. The molecule has 0 spiro atoms. The maximum absolute atomic E-state index is 11.0. The van der Waals surface area contributed by atoms with Gasteiger partial charge in [-0.2, -0.15) is 0 Å². The molecule has 66 valence electrons. The molecule has 0 bridgehead atoms. The van der Waals surface area contributed by atoms with Crippen LogP contribution in [0, 0.1) is 10.4 Å². The third-order valence-electron chi connectivity index (χ3n) is 1.36. The second-order valence-electron chi connectivity index (χ2n) is 2.22. The molecule has 0 aliphatic carbocycles. The molecule has 0 aliphatic rings. The molecule has 12 heavy (non-hydrogen) atoms. The first kappa shape index (κ1) is 8.38. The van der Waals surface area contributed by atoms with E-state index in [4.69, 9.17) is 5.73 Å². The van der Waals surface area contributed by atoms with Gasteiger partial charge in [0.25, 0.3) is 0 Å². The summed E-state index contributed by atoms with van der Waals surface area (Å²) in [6.07, 6.45) is 0. The number of nitrogens with two attached hydrogens (primary N) is 1. The van der Waals surface area contributed by atoms with E-state index in [9.17, 15) is 10.4 Å². The molecule has 0 fully saturated rings. The first-order valence-electron chi connectivity index (χ1n) is 3.52. The SMILES string of the molecule is CCNc1ccc(N)[n+]([O-])[n+]1[O-]. The zero-order chi connectivity index (χ0) is 9.14. The number of hydrogen-bond acceptors (Lipinski definition) is 4. The highest BCUT2D eigenvalue weighted by atomic mass is 16.6. The smallest absolute Gasteiger partial charge is 0.315 e. The summed E-state index contributed by atoms with van der Waals surface area (Å²) in [6, 6.07) is 2.83. The standard InChI is InChI=1S/C6H10N4O2/c1-2-8-6-4-3-5(7)9(11)10(6)12/h3-4,8H,2,7H2,1H3. The Hall–Kier alpha value is -1.72. The lowest BCUT2D eigenvalue weighted by Crippen LogP contribution is -2.62. The van der Waals surface area contributed by atoms with Crippen molar-refractivity contribution in [3.05, 3.63) is 22.5 Å². The number of rotatable bonds is 2. The lowest BCUT2D eigenvalue weighted by atomic mass is 10.5. The van der Waals surface area contributed by atoms with Gasteiger partial charge in [0, 0.05) is 12.1 Å². The van der Waals surface area contributed by atoms with Crippen molar-refractivity contribution in [1.29, 1.82) is 0 Å². The Balaban J connectivity index is 3.08. The average molecular weight is 170 g/mol. The van der Waals surface area contributed by atoms with Crippen LogP contribution in [-0.2, 0) is 0 Å². The molecule has 0 atom stereocenters. The van der Waals surface area contributed by atoms with Gasteiger partial charge in [0.15, 0.2) is 0 Å². The summed E-state index contributed by atoms with van der Waals surface area (Å²) in [7, 11) is 0. The molecule has 1 aromatic heterocycles. The topological polar surface area (TPSA) is 91.9 Å². The molecule has 0 aromatic carbocycles. The van der Waals surface area contributed by atoms with Gasteiger partial charge in [-0.15, -0.1) is 0 Å². The second-order valence-corrected chi connectivity index (χ2v) is 2.22. The van der Waals surface area contributed by atoms with Gasteiger partial charge in [-0.05, 0) is 6.92 Å². The molecule has 6 heteroatoms. The summed E-state index contributed by atoms with van der Waals surface area (Å²) < 4.78 is 0. The van der Waals surface area contributed by atoms with Gasteiger partial charge < -0.3 is 10.4 Å². The summed E-state index contributed by atoms with van der Waals surface area (Å²) in [5.41, 5.74) is 5.19. The number of nitrogen functional groups attached to an aromatic ring is 1. The maximum Gasteiger partial charge on any atom is 0.315 e. The Morgan fingerprint density at radius 2 is 2.08 bits per heavy atom. The lowest BCUT2D eigenvalue weighted by molar-refractivity contribution is -1.17. The quantitative estimate of drug-likeness (QED) is 0.438. The first-order chi connectivity index (χ1) is 5.66. The van der Waals surface area contributed by atoms with Crippen LogP contribution in [0.25, 0.3) is 0 Å². The van der Waals surface area contributed by atoms with E-state index in [1.165, 1.54) is 12.1 Å². The van der Waals surface area contributed by atoms with Crippen LogP contribution in [0.5, 0.6) is 0 Å². The van der Waals surface area contributed by atoms with E-state index in [1.807, 2.05) is 6.92 Å². The molecule has 0 amide bonds. The zero-order valence-corrected chi connectivity index (χ0v) is 6.65. The predicted octanol–water partition coefficient (Wildman–Crippen LogP) is -1.03. The van der Waals surface area contributed by atoms with E-state index < -0.39 is 0 Å². The van der Waals surface area contributed by atoms with Gasteiger partial charge in [0.1, 0.15) is 0 Å². The van der Waals surface area contributed by atoms with Crippen molar-refractivity contribution in [2.24, 2.45) is 0 Å². The Morgan fingerprint density at radius 3 is 2.67 bits per heavy atom. The van der Waals surface area contributed by atoms with Crippen molar-refractivity contribution < 1.29 is 9.69 Å². The van der Waals surface area contributed by atoms with Gasteiger partial charge in [-0.25, -0.2) is 0 Å². The minimum Gasteiger partial charge on any atom is -0.675 e. The Morgan fingerprint density at radius 1 is 1.42 bits per heavy atom. The van der Waals surface area contributed by atoms with Crippen molar-refractivity contribution in [2.75, 3.05) is 17.6 Å². The molecular weight excluding hydrogens is 160 g/mol. The molecule has 1 heterocycles. The summed E-state index contributed by atoms with van der Waals surface area (Å²) in [4.78, 5) is 0.247. The second kappa shape index (κ2) is 3.12. The van der Waals surface area contributed by atoms with Crippen LogP contribution in [0.15, 0.2) is 12.1 Å². The number of anilines is 2. The molecule has 0 aliphatic heterocycles. The largest absolute Gasteiger partial charge is 0.675 e. The van der Waals surface area contributed by atoms with Gasteiger partial charge in [-0.1, -0.05) is 9.69 Å². The summed E-state index contributed by atoms with van der Waals surface area (Å²) >= 11 is 0. The summed E-state index contributed by atoms with van der Waals surface area (Å²) in [5.74, 6) is 0.0772. The minimum absolute atomic E-state index is 0.0813. The van der Waals surface area contributed by atoms with E-state index in [-0.39, 0.29) is 21.3 Å². The predicted molar refractivity (Wildman–Crippen MR) is 42.9 cm³/mol. The van der Waals surface area contributed by atoms with E-state index in [0.29, 0.717) is 6.54 Å². The molecule has 3 N–H and O–H groups in total. The van der Waals surface area contributed by atoms with Gasteiger partial charge in [0.2, 0.25) is 0 Å². The van der Waals surface area contributed by atoms with Crippen molar-refractivity contribution in [2.45, 2.75) is 6.92 Å². The molecule has 6 nitrogen and oxygen atoms in total. The van der Waals surface area contributed by atoms with Crippen molar-refractivity contribution in [3.63, 3.8) is 0 Å². The molecule has 0 radical (unpaired) electrons. The molecule has 1 rings (SSSR count). The highest BCUT2D eigenvalue weighted by molar-refractivity contribution is 5.31. The van der Waals surface area contributed by atoms with Crippen LogP contribution in [-0.4, -0.2) is 6.54 Å². The number of nitrogens with one attached hydrogen (secondary N) is 1. The number of aromatic nitrogens is 2. The normalized spacial score (nSPS) is 9.75. The average Bonchev–Trinajstić information content (AvgIpc) is 2.07. The molecule has 0 saturated carbocycles. The fourth-order valence-electron chi connectivity index (χ4n) is 0.802. The van der Waals surface area contributed by atoms with Crippen LogP contribution < -0.4 is 20.7 Å². The third-order valence-corrected chi connectivity index (χ3v) is 1.36. The van der Waals surface area contributed by atoms with E-state index in [2.05, 4.69) is 5.32 Å². The first-order valence-corrected chi connectivity index (χ1v) is 3.52. The molecule has 0 unspecified atom stereocenters. The van der Waals surface area contributed by atoms with Crippen molar-refractivity contribution in [3.8, 4) is 0 Å². The molecular formula is C6H10N4O2. The molecule has 1 aromatic rings.